The van der Waals surface area contributed by atoms with E-state index in [9.17, 15) is 4.79 Å². The number of carbonyl (C=O) groups excluding carboxylic acids is 1. The summed E-state index contributed by atoms with van der Waals surface area (Å²) in [5, 5.41) is 7.51. The summed E-state index contributed by atoms with van der Waals surface area (Å²) < 4.78 is 0. The lowest BCUT2D eigenvalue weighted by Crippen LogP contribution is -2.28. The van der Waals surface area contributed by atoms with Crippen LogP contribution in [0.2, 0.25) is 0 Å². The Morgan fingerprint density at radius 1 is 1.29 bits per heavy atom. The Kier molecular flexibility index (Phi) is 4.25. The molecule has 0 aliphatic carbocycles. The van der Waals surface area contributed by atoms with Gasteiger partial charge in [0.2, 0.25) is 5.91 Å². The molecule has 4 nitrogen and oxygen atoms in total. The van der Waals surface area contributed by atoms with Gasteiger partial charge in [0.05, 0.1) is 0 Å². The van der Waals surface area contributed by atoms with E-state index in [-0.39, 0.29) is 5.91 Å². The van der Waals surface area contributed by atoms with Crippen molar-refractivity contribution in [3.63, 3.8) is 0 Å². The monoisotopic (exact) mass is 285 g/mol. The summed E-state index contributed by atoms with van der Waals surface area (Å²) in [5.74, 6) is 0.826. The van der Waals surface area contributed by atoms with Gasteiger partial charge in [0, 0.05) is 28.7 Å². The Hall–Kier alpha value is -1.81. The minimum absolute atomic E-state index is 0.125. The Bertz CT molecular complexity index is 626. The number of nitrogens with one attached hydrogen (secondary N) is 3. The fraction of sp³-hybridized carbons (Fsp3) is 0.471. The first-order valence-electron chi connectivity index (χ1n) is 7.80. The van der Waals surface area contributed by atoms with Gasteiger partial charge in [-0.05, 0) is 69.5 Å². The topological polar surface area (TPSA) is 56.9 Å². The molecule has 21 heavy (non-hydrogen) atoms. The average Bonchev–Trinajstić information content (AvgIpc) is 2.85. The normalized spacial score (nSPS) is 16.2. The van der Waals surface area contributed by atoms with Gasteiger partial charge in [-0.2, -0.15) is 0 Å². The zero-order valence-corrected chi connectivity index (χ0v) is 12.5. The highest BCUT2D eigenvalue weighted by Gasteiger charge is 2.14. The van der Waals surface area contributed by atoms with Crippen molar-refractivity contribution in [1.82, 2.24) is 10.3 Å². The van der Waals surface area contributed by atoms with Gasteiger partial charge in [-0.1, -0.05) is 0 Å². The summed E-state index contributed by atoms with van der Waals surface area (Å²) in [5.41, 5.74) is 3.14. The molecule has 1 aromatic carbocycles. The SMILES string of the molecule is Cc1cc2cc(NC(=O)CCC3CCNCC3)ccc2[nH]1. The zero-order valence-electron chi connectivity index (χ0n) is 12.5. The van der Waals surface area contributed by atoms with Crippen LogP contribution in [0.3, 0.4) is 0 Å². The number of amides is 1. The Morgan fingerprint density at radius 3 is 2.90 bits per heavy atom. The van der Waals surface area contributed by atoms with E-state index in [0.29, 0.717) is 12.3 Å². The smallest absolute Gasteiger partial charge is 0.224 e. The number of H-pyrrole nitrogens is 1. The van der Waals surface area contributed by atoms with Gasteiger partial charge in [-0.25, -0.2) is 0 Å². The number of rotatable bonds is 4. The number of aromatic nitrogens is 1. The molecule has 1 aliphatic rings. The molecule has 1 amide bonds. The standard InChI is InChI=1S/C17H23N3O/c1-12-10-14-11-15(3-4-16(14)19-12)20-17(21)5-2-13-6-8-18-9-7-13/h3-4,10-11,13,18-19H,2,5-9H2,1H3,(H,20,21). The number of piperidine rings is 1. The third-order valence-corrected chi connectivity index (χ3v) is 4.28. The lowest BCUT2D eigenvalue weighted by atomic mass is 9.93. The Balaban J connectivity index is 1.55. The quantitative estimate of drug-likeness (QED) is 0.808. The van der Waals surface area contributed by atoms with Crippen molar-refractivity contribution in [3.8, 4) is 0 Å². The molecule has 0 spiro atoms. The molecule has 0 saturated carbocycles. The summed E-state index contributed by atoms with van der Waals surface area (Å²) in [6.45, 7) is 4.23. The van der Waals surface area contributed by atoms with Crippen molar-refractivity contribution in [1.29, 1.82) is 0 Å². The Morgan fingerprint density at radius 2 is 2.10 bits per heavy atom. The van der Waals surface area contributed by atoms with Crippen LogP contribution in [0.4, 0.5) is 5.69 Å². The maximum absolute atomic E-state index is 12.1. The van der Waals surface area contributed by atoms with Gasteiger partial charge >= 0.3 is 0 Å². The van der Waals surface area contributed by atoms with Crippen molar-refractivity contribution in [3.05, 3.63) is 30.0 Å². The minimum atomic E-state index is 0.125. The van der Waals surface area contributed by atoms with Crippen LogP contribution in [0.15, 0.2) is 24.3 Å². The lowest BCUT2D eigenvalue weighted by molar-refractivity contribution is -0.116. The number of aromatic amines is 1. The van der Waals surface area contributed by atoms with E-state index in [2.05, 4.69) is 21.7 Å². The molecule has 2 heterocycles. The predicted octanol–water partition coefficient (Wildman–Crippen LogP) is 3.19. The molecule has 1 aliphatic heterocycles. The molecular weight excluding hydrogens is 262 g/mol. The van der Waals surface area contributed by atoms with Crippen LogP contribution >= 0.6 is 0 Å². The van der Waals surface area contributed by atoms with E-state index in [1.54, 1.807) is 0 Å². The van der Waals surface area contributed by atoms with E-state index < -0.39 is 0 Å². The van der Waals surface area contributed by atoms with Gasteiger partial charge < -0.3 is 15.6 Å². The average molecular weight is 285 g/mol. The van der Waals surface area contributed by atoms with E-state index in [4.69, 9.17) is 0 Å². The van der Waals surface area contributed by atoms with Crippen LogP contribution in [0, 0.1) is 12.8 Å². The molecular formula is C17H23N3O. The second-order valence-corrected chi connectivity index (χ2v) is 6.03. The van der Waals surface area contributed by atoms with Crippen LogP contribution in [0.5, 0.6) is 0 Å². The zero-order chi connectivity index (χ0) is 14.7. The molecule has 4 heteroatoms. The maximum Gasteiger partial charge on any atom is 0.224 e. The number of anilines is 1. The second-order valence-electron chi connectivity index (χ2n) is 6.03. The van der Waals surface area contributed by atoms with Gasteiger partial charge in [0.25, 0.3) is 0 Å². The van der Waals surface area contributed by atoms with Crippen LogP contribution in [-0.2, 0) is 4.79 Å². The number of fused-ring (bicyclic) bond motifs is 1. The van der Waals surface area contributed by atoms with Gasteiger partial charge in [-0.15, -0.1) is 0 Å². The minimum Gasteiger partial charge on any atom is -0.359 e. The van der Waals surface area contributed by atoms with Crippen LogP contribution < -0.4 is 10.6 Å². The molecule has 112 valence electrons. The van der Waals surface area contributed by atoms with Crippen molar-refractivity contribution >= 4 is 22.5 Å². The van der Waals surface area contributed by atoms with Crippen LogP contribution in [-0.4, -0.2) is 24.0 Å². The van der Waals surface area contributed by atoms with Crippen molar-refractivity contribution in [2.45, 2.75) is 32.6 Å². The summed E-state index contributed by atoms with van der Waals surface area (Å²) in [6.07, 6.45) is 4.01. The van der Waals surface area contributed by atoms with E-state index >= 15 is 0 Å². The van der Waals surface area contributed by atoms with Crippen molar-refractivity contribution in [2.75, 3.05) is 18.4 Å². The molecule has 1 fully saturated rings. The lowest BCUT2D eigenvalue weighted by Gasteiger charge is -2.22. The highest BCUT2D eigenvalue weighted by atomic mass is 16.1. The second kappa shape index (κ2) is 6.31. The fourth-order valence-corrected chi connectivity index (χ4v) is 3.08. The molecule has 1 saturated heterocycles. The maximum atomic E-state index is 12.1. The molecule has 0 unspecified atom stereocenters. The van der Waals surface area contributed by atoms with Crippen LogP contribution in [0.25, 0.3) is 10.9 Å². The largest absolute Gasteiger partial charge is 0.359 e. The summed E-state index contributed by atoms with van der Waals surface area (Å²) in [6, 6.07) is 8.10. The number of hydrogen-bond donors (Lipinski definition) is 3. The molecule has 2 aromatic rings. The van der Waals surface area contributed by atoms with Crippen molar-refractivity contribution in [2.24, 2.45) is 5.92 Å². The summed E-state index contributed by atoms with van der Waals surface area (Å²) in [7, 11) is 0. The number of hydrogen-bond acceptors (Lipinski definition) is 2. The van der Waals surface area contributed by atoms with E-state index in [1.807, 2.05) is 25.1 Å². The first-order valence-corrected chi connectivity index (χ1v) is 7.80. The highest BCUT2D eigenvalue weighted by molar-refractivity contribution is 5.93. The first-order chi connectivity index (χ1) is 10.2. The number of carbonyl (C=O) groups is 1. The highest BCUT2D eigenvalue weighted by Crippen LogP contribution is 2.21. The third kappa shape index (κ3) is 3.64. The van der Waals surface area contributed by atoms with Crippen molar-refractivity contribution < 1.29 is 4.79 Å². The molecule has 1 aromatic heterocycles. The molecule has 0 bridgehead atoms. The van der Waals surface area contributed by atoms with E-state index in [1.165, 1.54) is 12.8 Å². The predicted molar refractivity (Wildman–Crippen MR) is 86.5 cm³/mol. The molecule has 0 atom stereocenters. The van der Waals surface area contributed by atoms with Gasteiger partial charge in [-0.3, -0.25) is 4.79 Å². The van der Waals surface area contributed by atoms with Gasteiger partial charge in [0.1, 0.15) is 0 Å². The fourth-order valence-electron chi connectivity index (χ4n) is 3.08. The summed E-state index contributed by atoms with van der Waals surface area (Å²) in [4.78, 5) is 15.4. The molecule has 3 rings (SSSR count). The van der Waals surface area contributed by atoms with Crippen LogP contribution in [0.1, 0.15) is 31.4 Å². The Labute approximate surface area is 125 Å². The number of aryl methyl sites for hydroxylation is 1. The van der Waals surface area contributed by atoms with Gasteiger partial charge in [0.15, 0.2) is 0 Å². The molecule has 0 radical (unpaired) electrons. The molecule has 3 N–H and O–H groups in total. The number of benzene rings is 1. The first kappa shape index (κ1) is 14.1. The van der Waals surface area contributed by atoms with E-state index in [0.717, 1.165) is 41.8 Å². The summed E-state index contributed by atoms with van der Waals surface area (Å²) >= 11 is 0. The third-order valence-electron chi connectivity index (χ3n) is 4.28.